The third kappa shape index (κ3) is 5.51. The highest BCUT2D eigenvalue weighted by Gasteiger charge is 2.14. The molecule has 0 aliphatic heterocycles. The van der Waals surface area contributed by atoms with Crippen molar-refractivity contribution in [1.82, 2.24) is 15.0 Å². The highest BCUT2D eigenvalue weighted by molar-refractivity contribution is 6.07. The molecule has 0 unspecified atom stereocenters. The number of aryl methyl sites for hydroxylation is 1. The Bertz CT molecular complexity index is 1160. The number of nitrogens with one attached hydrogen (secondary N) is 3. The summed E-state index contributed by atoms with van der Waals surface area (Å²) in [6, 6.07) is 7.77. The van der Waals surface area contributed by atoms with Gasteiger partial charge >= 0.3 is 0 Å². The van der Waals surface area contributed by atoms with Gasteiger partial charge in [0.1, 0.15) is 18.3 Å². The van der Waals surface area contributed by atoms with Crippen LogP contribution >= 0.6 is 0 Å². The van der Waals surface area contributed by atoms with Crippen LogP contribution in [0.5, 0.6) is 5.75 Å². The Labute approximate surface area is 189 Å². The van der Waals surface area contributed by atoms with Crippen LogP contribution in [0.4, 0.5) is 17.5 Å². The van der Waals surface area contributed by atoms with Crippen LogP contribution < -0.4 is 26.1 Å². The van der Waals surface area contributed by atoms with Crippen LogP contribution in [0.1, 0.15) is 32.0 Å². The fourth-order valence-electron chi connectivity index (χ4n) is 3.18. The number of ether oxygens (including phenoxy) is 1. The van der Waals surface area contributed by atoms with E-state index in [2.05, 4.69) is 46.4 Å². The van der Waals surface area contributed by atoms with E-state index in [0.29, 0.717) is 11.7 Å². The number of allylic oxidation sites excluding steroid dienone is 1. The summed E-state index contributed by atoms with van der Waals surface area (Å²) in [4.78, 5) is 16.9. The van der Waals surface area contributed by atoms with E-state index in [1.807, 2.05) is 44.5 Å². The third-order valence-electron chi connectivity index (χ3n) is 4.74. The van der Waals surface area contributed by atoms with Crippen molar-refractivity contribution in [2.24, 2.45) is 11.1 Å². The summed E-state index contributed by atoms with van der Waals surface area (Å²) in [5, 5.41) is 7.64. The van der Waals surface area contributed by atoms with Gasteiger partial charge in [0.05, 0.1) is 18.4 Å². The van der Waals surface area contributed by atoms with Gasteiger partial charge in [-0.25, -0.2) is 15.0 Å². The molecule has 0 spiro atoms. The maximum atomic E-state index is 5.75. The third-order valence-corrected chi connectivity index (χ3v) is 4.74. The van der Waals surface area contributed by atoms with Crippen LogP contribution in [0, 0.1) is 12.3 Å². The summed E-state index contributed by atoms with van der Waals surface area (Å²) in [5.74, 6) is 1.87. The molecule has 32 heavy (non-hydrogen) atoms. The molecular formula is C24H32N7O+. The molecule has 1 aromatic carbocycles. The van der Waals surface area contributed by atoms with E-state index in [4.69, 9.17) is 15.5 Å². The molecule has 3 aromatic rings. The second kappa shape index (κ2) is 9.64. The highest BCUT2D eigenvalue weighted by Crippen LogP contribution is 2.31. The Hall–Kier alpha value is -3.68. The van der Waals surface area contributed by atoms with Crippen molar-refractivity contribution in [2.45, 2.75) is 27.7 Å². The zero-order valence-corrected chi connectivity index (χ0v) is 19.6. The van der Waals surface area contributed by atoms with E-state index in [9.17, 15) is 0 Å². The van der Waals surface area contributed by atoms with Gasteiger partial charge in [0.25, 0.3) is 0 Å². The van der Waals surface area contributed by atoms with Crippen LogP contribution in [0.15, 0.2) is 36.7 Å². The molecule has 0 saturated carbocycles. The van der Waals surface area contributed by atoms with E-state index < -0.39 is 0 Å². The van der Waals surface area contributed by atoms with Crippen molar-refractivity contribution in [1.29, 1.82) is 0 Å². The maximum absolute atomic E-state index is 5.75. The van der Waals surface area contributed by atoms with Gasteiger partial charge in [-0.05, 0) is 36.1 Å². The second-order valence-electron chi connectivity index (χ2n) is 8.75. The zero-order chi connectivity index (χ0) is 23.3. The lowest BCUT2D eigenvalue weighted by Crippen LogP contribution is -2.63. The molecular weight excluding hydrogens is 402 g/mol. The first-order valence-corrected chi connectivity index (χ1v) is 10.5. The van der Waals surface area contributed by atoms with Crippen molar-refractivity contribution in [3.05, 3.63) is 47.9 Å². The number of benzene rings is 1. The van der Waals surface area contributed by atoms with Gasteiger partial charge < -0.3 is 21.1 Å². The molecule has 0 atom stereocenters. The summed E-state index contributed by atoms with van der Waals surface area (Å²) in [6.07, 6.45) is 5.18. The zero-order valence-electron chi connectivity index (χ0n) is 19.6. The van der Waals surface area contributed by atoms with Crippen molar-refractivity contribution >= 4 is 40.1 Å². The summed E-state index contributed by atoms with van der Waals surface area (Å²) in [5.41, 5.74) is 10.1. The first-order chi connectivity index (χ1) is 15.2. The number of fused-ring (bicyclic) bond motifs is 1. The minimum atomic E-state index is 0.114. The van der Waals surface area contributed by atoms with Crippen LogP contribution in [0.2, 0.25) is 0 Å². The molecule has 0 saturated heterocycles. The lowest BCUT2D eigenvalue weighted by molar-refractivity contribution is -0.412. The minimum Gasteiger partial charge on any atom is -0.495 e. The fourth-order valence-corrected chi connectivity index (χ4v) is 3.18. The van der Waals surface area contributed by atoms with Crippen LogP contribution in [-0.2, 0) is 0 Å². The smallest absolute Gasteiger partial charge is 0.227 e. The number of methoxy groups -OCH3 is 1. The monoisotopic (exact) mass is 434 g/mol. The Kier molecular flexibility index (Phi) is 6.92. The summed E-state index contributed by atoms with van der Waals surface area (Å²) in [7, 11) is 3.45. The molecule has 168 valence electrons. The Morgan fingerprint density at radius 3 is 2.66 bits per heavy atom. The van der Waals surface area contributed by atoms with Crippen LogP contribution in [0.25, 0.3) is 16.5 Å². The van der Waals surface area contributed by atoms with Crippen LogP contribution in [-0.4, -0.2) is 41.9 Å². The lowest BCUT2D eigenvalue weighted by Gasteiger charge is -2.20. The quantitative estimate of drug-likeness (QED) is 0.423. The number of hydrogen-bond donors (Lipinski definition) is 4. The van der Waals surface area contributed by atoms with Crippen molar-refractivity contribution in [2.75, 3.05) is 31.3 Å². The van der Waals surface area contributed by atoms with E-state index in [-0.39, 0.29) is 5.41 Å². The Balaban J connectivity index is 1.96. The standard InChI is InChI=1S/C24H31N7O/c1-15-9-17-13-27-23(31-21(17)22(29-15)28-14-24(2,3)4)30-19-8-7-16(10-20(19)32-6)18(11-25)12-26-5/h7-13H,14,25H2,1-6H3,(H,28,29)(H,27,30,31)/p+1. The second-order valence-corrected chi connectivity index (χ2v) is 8.75. The SMILES string of the molecule is C[NH+]=CC(=CN)c1ccc(Nc2ncc3cc(C)nc(NCC(C)(C)C)c3n2)c(OC)c1. The number of nitrogens with two attached hydrogens (primary N) is 1. The molecule has 0 fully saturated rings. The molecule has 0 aliphatic carbocycles. The van der Waals surface area contributed by atoms with Crippen molar-refractivity contribution in [3.63, 3.8) is 0 Å². The molecule has 8 heteroatoms. The van der Waals surface area contributed by atoms with Gasteiger partial charge in [0.15, 0.2) is 12.0 Å². The molecule has 0 aliphatic rings. The molecule has 8 nitrogen and oxygen atoms in total. The van der Waals surface area contributed by atoms with Gasteiger partial charge in [-0.15, -0.1) is 0 Å². The van der Waals surface area contributed by atoms with E-state index in [1.165, 1.54) is 0 Å². The number of aromatic nitrogens is 3. The van der Waals surface area contributed by atoms with Gasteiger partial charge in [-0.1, -0.05) is 26.8 Å². The van der Waals surface area contributed by atoms with Crippen molar-refractivity contribution < 1.29 is 9.73 Å². The number of rotatable bonds is 7. The summed E-state index contributed by atoms with van der Waals surface area (Å²) in [6.45, 7) is 9.28. The summed E-state index contributed by atoms with van der Waals surface area (Å²) < 4.78 is 5.59. The number of pyridine rings is 1. The predicted octanol–water partition coefficient (Wildman–Crippen LogP) is 2.62. The first-order valence-electron chi connectivity index (χ1n) is 10.5. The molecule has 3 rings (SSSR count). The maximum Gasteiger partial charge on any atom is 0.227 e. The molecule has 0 bridgehead atoms. The normalized spacial score (nSPS) is 12.4. The average molecular weight is 435 g/mol. The van der Waals surface area contributed by atoms with E-state index in [1.54, 1.807) is 19.5 Å². The Morgan fingerprint density at radius 2 is 2.00 bits per heavy atom. The van der Waals surface area contributed by atoms with Crippen LogP contribution in [0.3, 0.4) is 0 Å². The topological polar surface area (TPSA) is 112 Å². The lowest BCUT2D eigenvalue weighted by atomic mass is 9.97. The molecule has 0 radical (unpaired) electrons. The first kappa shape index (κ1) is 23.0. The van der Waals surface area contributed by atoms with E-state index >= 15 is 0 Å². The molecule has 5 N–H and O–H groups in total. The minimum absolute atomic E-state index is 0.114. The van der Waals surface area contributed by atoms with Gasteiger partial charge in [0, 0.05) is 30.0 Å². The van der Waals surface area contributed by atoms with E-state index in [0.717, 1.165) is 45.8 Å². The van der Waals surface area contributed by atoms with Gasteiger partial charge in [-0.3, -0.25) is 4.99 Å². The molecule has 0 amide bonds. The Morgan fingerprint density at radius 1 is 1.22 bits per heavy atom. The number of nitrogens with zero attached hydrogens (tertiary/aromatic N) is 3. The summed E-state index contributed by atoms with van der Waals surface area (Å²) >= 11 is 0. The fraction of sp³-hybridized carbons (Fsp3) is 0.333. The number of anilines is 3. The molecule has 2 heterocycles. The van der Waals surface area contributed by atoms with Crippen molar-refractivity contribution in [3.8, 4) is 5.75 Å². The largest absolute Gasteiger partial charge is 0.495 e. The number of hydrogen-bond acceptors (Lipinski definition) is 7. The van der Waals surface area contributed by atoms with Gasteiger partial charge in [-0.2, -0.15) is 0 Å². The highest BCUT2D eigenvalue weighted by atomic mass is 16.5. The predicted molar refractivity (Wildman–Crippen MR) is 131 cm³/mol. The van der Waals surface area contributed by atoms with Gasteiger partial charge in [0.2, 0.25) is 5.95 Å². The average Bonchev–Trinajstić information content (AvgIpc) is 2.75. The molecule has 2 aromatic heterocycles.